The van der Waals surface area contributed by atoms with Crippen LogP contribution in [0.5, 0.6) is 5.75 Å². The Morgan fingerprint density at radius 1 is 1.15 bits per heavy atom. The topological polar surface area (TPSA) is 58.6 Å². The third-order valence-electron chi connectivity index (χ3n) is 6.08. The molecule has 1 N–H and O–H groups in total. The van der Waals surface area contributed by atoms with Crippen molar-refractivity contribution in [2.45, 2.75) is 71.0 Å². The molecule has 3 rings (SSSR count). The van der Waals surface area contributed by atoms with E-state index in [2.05, 4.69) is 35.1 Å². The molecule has 2 aromatic carbocycles. The Bertz CT molecular complexity index is 976. The van der Waals surface area contributed by atoms with Crippen LogP contribution in [0.2, 0.25) is 5.02 Å². The predicted octanol–water partition coefficient (Wildman–Crippen LogP) is 6.08. The lowest BCUT2D eigenvalue weighted by Crippen LogP contribution is -2.50. The zero-order chi connectivity index (χ0) is 24.0. The Morgan fingerprint density at radius 3 is 2.52 bits per heavy atom. The lowest BCUT2D eigenvalue weighted by Gasteiger charge is -2.29. The molecule has 1 aliphatic carbocycles. The van der Waals surface area contributed by atoms with Crippen LogP contribution in [0, 0.1) is 0 Å². The smallest absolute Gasteiger partial charge is 0.261 e. The van der Waals surface area contributed by atoms with E-state index >= 15 is 0 Å². The molecule has 0 aliphatic heterocycles. The molecular formula is C26H32BrClN2O3. The van der Waals surface area contributed by atoms with Crippen LogP contribution in [0.25, 0.3) is 0 Å². The molecule has 0 bridgehead atoms. The standard InChI is InChI=1S/C26H32BrClN2O3/c1-17(2)20-11-12-24(23(27)14-20)33-16-25(31)30(15-19-7-6-8-21(28)13-19)18(3)26(32)29-22-9-4-5-10-22/h6-8,11-14,17-18,22H,4-5,9-10,15-16H2,1-3H3,(H,29,32)/t18-/m1/s1. The van der Waals surface area contributed by atoms with E-state index < -0.39 is 6.04 Å². The Morgan fingerprint density at radius 2 is 1.88 bits per heavy atom. The van der Waals surface area contributed by atoms with E-state index in [1.807, 2.05) is 36.4 Å². The minimum atomic E-state index is -0.632. The first kappa shape index (κ1) is 25.6. The van der Waals surface area contributed by atoms with Gasteiger partial charge in [0.2, 0.25) is 5.91 Å². The molecule has 0 aromatic heterocycles. The maximum Gasteiger partial charge on any atom is 0.261 e. The first-order valence-corrected chi connectivity index (χ1v) is 12.7. The lowest BCUT2D eigenvalue weighted by molar-refractivity contribution is -0.142. The summed E-state index contributed by atoms with van der Waals surface area (Å²) in [6.45, 7) is 6.12. The molecule has 0 heterocycles. The minimum Gasteiger partial charge on any atom is -0.483 e. The third kappa shape index (κ3) is 7.21. The maximum absolute atomic E-state index is 13.2. The summed E-state index contributed by atoms with van der Waals surface area (Å²) in [6, 6.07) is 12.8. The second-order valence-corrected chi connectivity index (χ2v) is 10.2. The first-order chi connectivity index (χ1) is 15.7. The summed E-state index contributed by atoms with van der Waals surface area (Å²) in [5, 5.41) is 3.69. The number of nitrogens with zero attached hydrogens (tertiary/aromatic N) is 1. The fraction of sp³-hybridized carbons (Fsp3) is 0.462. The van der Waals surface area contributed by atoms with Gasteiger partial charge in [-0.25, -0.2) is 0 Å². The molecule has 0 saturated heterocycles. The number of carbonyl (C=O) groups is 2. The van der Waals surface area contributed by atoms with Gasteiger partial charge in [-0.3, -0.25) is 9.59 Å². The van der Waals surface area contributed by atoms with E-state index in [1.165, 1.54) is 5.56 Å². The number of amides is 2. The van der Waals surface area contributed by atoms with Crippen LogP contribution in [-0.2, 0) is 16.1 Å². The fourth-order valence-corrected chi connectivity index (χ4v) is 4.75. The number of halogens is 2. The van der Waals surface area contributed by atoms with Crippen molar-refractivity contribution in [2.75, 3.05) is 6.61 Å². The van der Waals surface area contributed by atoms with Gasteiger partial charge in [0.25, 0.3) is 5.91 Å². The second-order valence-electron chi connectivity index (χ2n) is 8.95. The van der Waals surface area contributed by atoms with Crippen molar-refractivity contribution in [3.8, 4) is 5.75 Å². The van der Waals surface area contributed by atoms with Crippen LogP contribution in [0.15, 0.2) is 46.9 Å². The number of carbonyl (C=O) groups excluding carboxylic acids is 2. The summed E-state index contributed by atoms with van der Waals surface area (Å²) >= 11 is 9.68. The van der Waals surface area contributed by atoms with Crippen LogP contribution >= 0.6 is 27.5 Å². The molecule has 1 aliphatic rings. The van der Waals surface area contributed by atoms with Crippen molar-refractivity contribution < 1.29 is 14.3 Å². The molecule has 33 heavy (non-hydrogen) atoms. The highest BCUT2D eigenvalue weighted by Crippen LogP contribution is 2.29. The molecule has 1 fully saturated rings. The third-order valence-corrected chi connectivity index (χ3v) is 6.94. The number of ether oxygens (including phenoxy) is 1. The van der Waals surface area contributed by atoms with E-state index in [0.717, 1.165) is 35.7 Å². The maximum atomic E-state index is 13.2. The van der Waals surface area contributed by atoms with Crippen molar-refractivity contribution >= 4 is 39.3 Å². The molecule has 178 valence electrons. The summed E-state index contributed by atoms with van der Waals surface area (Å²) in [5.41, 5.74) is 2.04. The quantitative estimate of drug-likeness (QED) is 0.423. The van der Waals surface area contributed by atoms with Crippen LogP contribution in [0.4, 0.5) is 0 Å². The molecule has 1 saturated carbocycles. The molecule has 2 amide bonds. The second kappa shape index (κ2) is 11.9. The summed E-state index contributed by atoms with van der Waals surface area (Å²) in [4.78, 5) is 27.8. The molecule has 0 unspecified atom stereocenters. The van der Waals surface area contributed by atoms with E-state index in [1.54, 1.807) is 17.9 Å². The van der Waals surface area contributed by atoms with Crippen LogP contribution in [0.1, 0.15) is 63.5 Å². The van der Waals surface area contributed by atoms with Gasteiger partial charge in [0.05, 0.1) is 4.47 Å². The fourth-order valence-electron chi connectivity index (χ4n) is 4.02. The molecule has 0 radical (unpaired) electrons. The van der Waals surface area contributed by atoms with Gasteiger partial charge in [0, 0.05) is 17.6 Å². The Balaban J connectivity index is 1.72. The molecule has 7 heteroatoms. The van der Waals surface area contributed by atoms with Gasteiger partial charge in [-0.1, -0.05) is 56.5 Å². The van der Waals surface area contributed by atoms with Gasteiger partial charge < -0.3 is 15.0 Å². The van der Waals surface area contributed by atoms with Crippen molar-refractivity contribution in [1.29, 1.82) is 0 Å². The summed E-state index contributed by atoms with van der Waals surface area (Å²) < 4.78 is 6.64. The monoisotopic (exact) mass is 534 g/mol. The molecule has 1 atom stereocenters. The van der Waals surface area contributed by atoms with Gasteiger partial charge in [0.1, 0.15) is 11.8 Å². The summed E-state index contributed by atoms with van der Waals surface area (Å²) in [5.74, 6) is 0.589. The number of hydrogen-bond acceptors (Lipinski definition) is 3. The van der Waals surface area contributed by atoms with Crippen LogP contribution in [0.3, 0.4) is 0 Å². The summed E-state index contributed by atoms with van der Waals surface area (Å²) in [6.07, 6.45) is 4.24. The number of nitrogens with one attached hydrogen (secondary N) is 1. The van der Waals surface area contributed by atoms with Gasteiger partial charge in [0.15, 0.2) is 6.61 Å². The molecular weight excluding hydrogens is 504 g/mol. The summed E-state index contributed by atoms with van der Waals surface area (Å²) in [7, 11) is 0. The number of benzene rings is 2. The Kier molecular flexibility index (Phi) is 9.21. The zero-order valence-electron chi connectivity index (χ0n) is 19.4. The molecule has 0 spiro atoms. The zero-order valence-corrected chi connectivity index (χ0v) is 21.8. The van der Waals surface area contributed by atoms with Gasteiger partial charge in [-0.05, 0) is 77.0 Å². The van der Waals surface area contributed by atoms with Crippen molar-refractivity contribution in [3.63, 3.8) is 0 Å². The van der Waals surface area contributed by atoms with Gasteiger partial charge >= 0.3 is 0 Å². The largest absolute Gasteiger partial charge is 0.483 e. The SMILES string of the molecule is CC(C)c1ccc(OCC(=O)N(Cc2cccc(Cl)c2)[C@H](C)C(=O)NC2CCCC2)c(Br)c1. The highest BCUT2D eigenvalue weighted by molar-refractivity contribution is 9.10. The molecule has 2 aromatic rings. The van der Waals surface area contributed by atoms with Gasteiger partial charge in [-0.15, -0.1) is 0 Å². The Labute approximate surface area is 210 Å². The lowest BCUT2D eigenvalue weighted by atomic mass is 10.0. The highest BCUT2D eigenvalue weighted by atomic mass is 79.9. The average Bonchev–Trinajstić information content (AvgIpc) is 3.29. The normalized spacial score (nSPS) is 14.8. The minimum absolute atomic E-state index is 0.139. The van der Waals surface area contributed by atoms with Crippen molar-refractivity contribution in [3.05, 3.63) is 63.1 Å². The Hall–Kier alpha value is -2.05. The van der Waals surface area contributed by atoms with E-state index in [9.17, 15) is 9.59 Å². The molecule has 5 nitrogen and oxygen atoms in total. The van der Waals surface area contributed by atoms with E-state index in [-0.39, 0.29) is 31.0 Å². The van der Waals surface area contributed by atoms with Gasteiger partial charge in [-0.2, -0.15) is 0 Å². The van der Waals surface area contributed by atoms with Crippen molar-refractivity contribution in [2.24, 2.45) is 0 Å². The van der Waals surface area contributed by atoms with Crippen molar-refractivity contribution in [1.82, 2.24) is 10.2 Å². The average molecular weight is 536 g/mol. The predicted molar refractivity (Wildman–Crippen MR) is 136 cm³/mol. The highest BCUT2D eigenvalue weighted by Gasteiger charge is 2.29. The number of hydrogen-bond donors (Lipinski definition) is 1. The van der Waals surface area contributed by atoms with Crippen LogP contribution in [-0.4, -0.2) is 35.4 Å². The van der Waals surface area contributed by atoms with E-state index in [0.29, 0.717) is 16.7 Å². The van der Waals surface area contributed by atoms with E-state index in [4.69, 9.17) is 16.3 Å². The number of rotatable bonds is 9. The van der Waals surface area contributed by atoms with Crippen LogP contribution < -0.4 is 10.1 Å². The first-order valence-electron chi connectivity index (χ1n) is 11.5.